The molecule has 1 aliphatic heterocycles. The molecule has 2 aromatic carbocycles. The van der Waals surface area contributed by atoms with Crippen molar-refractivity contribution in [2.24, 2.45) is 7.05 Å². The Morgan fingerprint density at radius 3 is 2.14 bits per heavy atom. The van der Waals surface area contributed by atoms with Crippen LogP contribution in [0, 0.1) is 0 Å². The number of benzene rings is 2. The molecule has 1 aliphatic rings. The highest BCUT2D eigenvalue weighted by molar-refractivity contribution is 5.75. The van der Waals surface area contributed by atoms with Crippen LogP contribution in [-0.4, -0.2) is 56.5 Å². The molecule has 1 aromatic heterocycles. The van der Waals surface area contributed by atoms with Gasteiger partial charge in [-0.2, -0.15) is 5.10 Å². The fourth-order valence-corrected chi connectivity index (χ4v) is 3.77. The van der Waals surface area contributed by atoms with E-state index in [-0.39, 0.29) is 5.69 Å². The summed E-state index contributed by atoms with van der Waals surface area (Å²) in [5.41, 5.74) is 2.43. The van der Waals surface area contributed by atoms with Gasteiger partial charge in [-0.15, -0.1) is 0 Å². The molecule has 0 aliphatic carbocycles. The van der Waals surface area contributed by atoms with Crippen molar-refractivity contribution < 1.29 is 9.90 Å². The summed E-state index contributed by atoms with van der Waals surface area (Å²) in [6.07, 6.45) is 1.51. The molecular formula is C21H23N5O3. The molecule has 1 saturated heterocycles. The minimum absolute atomic E-state index is 0.188. The Morgan fingerprint density at radius 1 is 0.966 bits per heavy atom. The van der Waals surface area contributed by atoms with Gasteiger partial charge in [-0.3, -0.25) is 9.69 Å². The Hall–Kier alpha value is -3.39. The Bertz CT molecular complexity index is 1030. The summed E-state index contributed by atoms with van der Waals surface area (Å²) in [7, 11) is 1.62. The van der Waals surface area contributed by atoms with Gasteiger partial charge >= 0.3 is 11.7 Å². The summed E-state index contributed by atoms with van der Waals surface area (Å²) < 4.78 is 2.79. The number of carboxylic acid groups (broad SMARTS) is 1. The zero-order valence-corrected chi connectivity index (χ0v) is 16.2. The van der Waals surface area contributed by atoms with Gasteiger partial charge in [0, 0.05) is 38.9 Å². The van der Waals surface area contributed by atoms with E-state index in [2.05, 4.69) is 10.00 Å². The molecule has 2 heterocycles. The second kappa shape index (κ2) is 7.92. The van der Waals surface area contributed by atoms with Gasteiger partial charge in [0.05, 0.1) is 5.69 Å². The molecule has 1 atom stereocenters. The standard InChI is InChI=1S/C21H23N5O3/c1-23-21(29)26(15-22-23)18-9-7-17(8-10-18)24-11-13-25(14-12-24)19(20(27)28)16-5-3-2-4-6-16/h2-10,15,19H,11-14H2,1H3,(H,27,28). The second-order valence-corrected chi connectivity index (χ2v) is 7.10. The molecule has 0 saturated carbocycles. The molecule has 0 radical (unpaired) electrons. The van der Waals surface area contributed by atoms with E-state index in [1.165, 1.54) is 15.6 Å². The fraction of sp³-hybridized carbons (Fsp3) is 0.286. The van der Waals surface area contributed by atoms with Crippen molar-refractivity contribution >= 4 is 11.7 Å². The van der Waals surface area contributed by atoms with E-state index in [9.17, 15) is 14.7 Å². The quantitative estimate of drug-likeness (QED) is 0.708. The van der Waals surface area contributed by atoms with Crippen molar-refractivity contribution in [1.82, 2.24) is 19.2 Å². The number of carboxylic acids is 1. The summed E-state index contributed by atoms with van der Waals surface area (Å²) in [5, 5.41) is 13.7. The number of hydrogen-bond donors (Lipinski definition) is 1. The minimum atomic E-state index is -0.823. The van der Waals surface area contributed by atoms with Crippen LogP contribution < -0.4 is 10.6 Å². The zero-order chi connectivity index (χ0) is 20.4. The monoisotopic (exact) mass is 393 g/mol. The number of nitrogens with zero attached hydrogens (tertiary/aromatic N) is 5. The number of piperazine rings is 1. The third-order valence-corrected chi connectivity index (χ3v) is 5.34. The lowest BCUT2D eigenvalue weighted by Crippen LogP contribution is -2.49. The Balaban J connectivity index is 1.45. The van der Waals surface area contributed by atoms with Gasteiger partial charge in [-0.05, 0) is 29.8 Å². The topological polar surface area (TPSA) is 83.6 Å². The molecule has 0 spiro atoms. The number of aromatic nitrogens is 3. The number of aryl methyl sites for hydroxylation is 1. The lowest BCUT2D eigenvalue weighted by atomic mass is 10.0. The fourth-order valence-electron chi connectivity index (χ4n) is 3.77. The maximum Gasteiger partial charge on any atom is 0.350 e. The molecular weight excluding hydrogens is 370 g/mol. The Labute approximate surface area is 168 Å². The maximum absolute atomic E-state index is 12.0. The van der Waals surface area contributed by atoms with E-state index < -0.39 is 12.0 Å². The first kappa shape index (κ1) is 18.9. The highest BCUT2D eigenvalue weighted by atomic mass is 16.4. The molecule has 3 aromatic rings. The van der Waals surface area contributed by atoms with E-state index in [4.69, 9.17) is 0 Å². The van der Waals surface area contributed by atoms with Gasteiger partial charge in [0.1, 0.15) is 12.4 Å². The third-order valence-electron chi connectivity index (χ3n) is 5.34. The first-order chi connectivity index (χ1) is 14.0. The number of carbonyl (C=O) groups is 1. The molecule has 0 bridgehead atoms. The molecule has 4 rings (SSSR count). The van der Waals surface area contributed by atoms with Crippen LogP contribution in [0.1, 0.15) is 11.6 Å². The van der Waals surface area contributed by atoms with Crippen molar-refractivity contribution in [2.45, 2.75) is 6.04 Å². The van der Waals surface area contributed by atoms with Crippen LogP contribution in [0.2, 0.25) is 0 Å². The molecule has 150 valence electrons. The smallest absolute Gasteiger partial charge is 0.350 e. The van der Waals surface area contributed by atoms with Crippen LogP contribution in [0.25, 0.3) is 5.69 Å². The van der Waals surface area contributed by atoms with Crippen LogP contribution in [0.3, 0.4) is 0 Å². The predicted octanol–water partition coefficient (Wildman–Crippen LogP) is 1.52. The van der Waals surface area contributed by atoms with Crippen LogP contribution in [-0.2, 0) is 11.8 Å². The van der Waals surface area contributed by atoms with Crippen LogP contribution in [0.15, 0.2) is 65.7 Å². The molecule has 8 heteroatoms. The van der Waals surface area contributed by atoms with Crippen molar-refractivity contribution in [3.8, 4) is 5.69 Å². The van der Waals surface area contributed by atoms with Crippen LogP contribution >= 0.6 is 0 Å². The van der Waals surface area contributed by atoms with E-state index in [0.29, 0.717) is 13.1 Å². The average molecular weight is 393 g/mol. The number of aliphatic carboxylic acids is 1. The zero-order valence-electron chi connectivity index (χ0n) is 16.2. The van der Waals surface area contributed by atoms with E-state index in [0.717, 1.165) is 30.0 Å². The van der Waals surface area contributed by atoms with Gasteiger partial charge in [-0.25, -0.2) is 14.0 Å². The summed E-state index contributed by atoms with van der Waals surface area (Å²) in [4.78, 5) is 28.1. The van der Waals surface area contributed by atoms with Crippen molar-refractivity contribution in [2.75, 3.05) is 31.1 Å². The minimum Gasteiger partial charge on any atom is -0.480 e. The van der Waals surface area contributed by atoms with Crippen LogP contribution in [0.5, 0.6) is 0 Å². The van der Waals surface area contributed by atoms with E-state index >= 15 is 0 Å². The SMILES string of the molecule is Cn1ncn(-c2ccc(N3CCN(C(C(=O)O)c4ccccc4)CC3)cc2)c1=O. The lowest BCUT2D eigenvalue weighted by molar-refractivity contribution is -0.143. The largest absolute Gasteiger partial charge is 0.480 e. The van der Waals surface area contributed by atoms with Crippen LogP contribution in [0.4, 0.5) is 5.69 Å². The molecule has 1 unspecified atom stereocenters. The van der Waals surface area contributed by atoms with Gasteiger partial charge < -0.3 is 10.0 Å². The van der Waals surface area contributed by atoms with Gasteiger partial charge in [0.2, 0.25) is 0 Å². The van der Waals surface area contributed by atoms with Gasteiger partial charge in [-0.1, -0.05) is 30.3 Å². The summed E-state index contributed by atoms with van der Waals surface area (Å²) in [5.74, 6) is -0.823. The van der Waals surface area contributed by atoms with Gasteiger partial charge in [0.15, 0.2) is 0 Å². The average Bonchev–Trinajstić information content (AvgIpc) is 3.08. The number of anilines is 1. The molecule has 0 amide bonds. The summed E-state index contributed by atoms with van der Waals surface area (Å²) in [6, 6.07) is 16.5. The third kappa shape index (κ3) is 3.79. The number of hydrogen-bond acceptors (Lipinski definition) is 5. The Morgan fingerprint density at radius 2 is 1.59 bits per heavy atom. The highest BCUT2D eigenvalue weighted by Crippen LogP contribution is 2.25. The maximum atomic E-state index is 12.0. The second-order valence-electron chi connectivity index (χ2n) is 7.10. The van der Waals surface area contributed by atoms with Gasteiger partial charge in [0.25, 0.3) is 0 Å². The Kier molecular flexibility index (Phi) is 5.18. The summed E-state index contributed by atoms with van der Waals surface area (Å²) in [6.45, 7) is 2.80. The molecule has 29 heavy (non-hydrogen) atoms. The normalized spacial score (nSPS) is 16.0. The first-order valence-corrected chi connectivity index (χ1v) is 9.52. The predicted molar refractivity (Wildman–Crippen MR) is 109 cm³/mol. The van der Waals surface area contributed by atoms with Crippen molar-refractivity contribution in [3.05, 3.63) is 77.0 Å². The molecule has 8 nitrogen and oxygen atoms in total. The number of rotatable bonds is 5. The van der Waals surface area contributed by atoms with Crippen molar-refractivity contribution in [1.29, 1.82) is 0 Å². The highest BCUT2D eigenvalue weighted by Gasteiger charge is 2.30. The first-order valence-electron chi connectivity index (χ1n) is 9.52. The van der Waals surface area contributed by atoms with E-state index in [1.807, 2.05) is 59.5 Å². The molecule has 1 N–H and O–H groups in total. The van der Waals surface area contributed by atoms with E-state index in [1.54, 1.807) is 7.05 Å². The lowest BCUT2D eigenvalue weighted by Gasteiger charge is -2.39. The summed E-state index contributed by atoms with van der Waals surface area (Å²) >= 11 is 0. The molecule has 1 fully saturated rings. The van der Waals surface area contributed by atoms with Crippen molar-refractivity contribution in [3.63, 3.8) is 0 Å².